The van der Waals surface area contributed by atoms with E-state index < -0.39 is 34.8 Å². The number of esters is 1. The first-order valence-electron chi connectivity index (χ1n) is 17.4. The molecule has 6 aliphatic rings. The SMILES string of the molecule is CC(=O)O[C@@H]1C=C2[C@H](CC[C@@]3(C)[C@@]2(O)CC[C@H]2Cc4c([nH]c5cc6c(cc45)C[C@H]4C6=CC(C)(C)OC4(C)C)[C@@]23C)O[C@@H]1C(C)(C)O. The summed E-state index contributed by atoms with van der Waals surface area (Å²) in [5.41, 5.74) is 5.17. The van der Waals surface area contributed by atoms with Crippen LogP contribution in [0.5, 0.6) is 0 Å². The van der Waals surface area contributed by atoms with Crippen LogP contribution in [0.3, 0.4) is 0 Å². The number of nitrogens with one attached hydrogen (secondary N) is 1. The molecular weight excluding hydrogens is 578 g/mol. The average Bonchev–Trinajstić information content (AvgIpc) is 3.56. The summed E-state index contributed by atoms with van der Waals surface area (Å²) in [5.74, 6) is 0.321. The Hall–Kier alpha value is -2.45. The van der Waals surface area contributed by atoms with Crippen LogP contribution in [0.25, 0.3) is 16.5 Å². The van der Waals surface area contributed by atoms with E-state index in [4.69, 9.17) is 14.2 Å². The molecule has 248 valence electrons. The minimum Gasteiger partial charge on any atom is -0.455 e. The summed E-state index contributed by atoms with van der Waals surface area (Å²) in [4.78, 5) is 16.1. The summed E-state index contributed by atoms with van der Waals surface area (Å²) in [7, 11) is 0. The quantitative estimate of drug-likeness (QED) is 0.260. The third kappa shape index (κ3) is 3.89. The van der Waals surface area contributed by atoms with Crippen LogP contribution in [0, 0.1) is 17.3 Å². The molecule has 2 aromatic rings. The summed E-state index contributed by atoms with van der Waals surface area (Å²) in [5, 5.41) is 25.3. The monoisotopic (exact) mass is 629 g/mol. The molecular formula is C39H51NO6. The molecule has 1 aromatic carbocycles. The third-order valence-corrected chi connectivity index (χ3v) is 13.5. The fourth-order valence-corrected chi connectivity index (χ4v) is 11.3. The van der Waals surface area contributed by atoms with Crippen molar-refractivity contribution in [1.29, 1.82) is 0 Å². The van der Waals surface area contributed by atoms with E-state index in [1.807, 2.05) is 6.08 Å². The van der Waals surface area contributed by atoms with Gasteiger partial charge in [0.25, 0.3) is 0 Å². The number of rotatable bonds is 2. The van der Waals surface area contributed by atoms with Crippen LogP contribution in [-0.2, 0) is 37.3 Å². The van der Waals surface area contributed by atoms with Gasteiger partial charge in [0.05, 0.1) is 28.5 Å². The lowest BCUT2D eigenvalue weighted by atomic mass is 9.42. The molecule has 0 bridgehead atoms. The number of aromatic nitrogens is 1. The number of H-pyrrole nitrogens is 1. The van der Waals surface area contributed by atoms with Crippen molar-refractivity contribution < 1.29 is 29.2 Å². The Balaban J connectivity index is 1.23. The summed E-state index contributed by atoms with van der Waals surface area (Å²) in [6.07, 6.45) is 7.49. The fraction of sp³-hybridized carbons (Fsp3) is 0.667. The van der Waals surface area contributed by atoms with E-state index in [2.05, 4.69) is 64.7 Å². The molecule has 1 aromatic heterocycles. The van der Waals surface area contributed by atoms with Crippen molar-refractivity contribution in [3.05, 3.63) is 52.2 Å². The highest BCUT2D eigenvalue weighted by atomic mass is 16.6. The molecule has 3 N–H and O–H groups in total. The maximum atomic E-state index is 13.0. The van der Waals surface area contributed by atoms with E-state index >= 15 is 0 Å². The molecule has 7 nitrogen and oxygen atoms in total. The van der Waals surface area contributed by atoms with E-state index in [1.165, 1.54) is 45.8 Å². The second-order valence-corrected chi connectivity index (χ2v) is 17.5. The number of aromatic amines is 1. The Kier molecular flexibility index (Phi) is 6.14. The first-order valence-corrected chi connectivity index (χ1v) is 17.4. The van der Waals surface area contributed by atoms with Crippen LogP contribution in [0.2, 0.25) is 0 Å². The molecule has 8 rings (SSSR count). The van der Waals surface area contributed by atoms with Crippen LogP contribution in [0.1, 0.15) is 110 Å². The van der Waals surface area contributed by atoms with Crippen molar-refractivity contribution >= 4 is 22.4 Å². The lowest BCUT2D eigenvalue weighted by Crippen LogP contribution is -2.68. The standard InChI is InChI=1S/C39H51NO6/c1-20(41)44-31-18-28-30(45-33(31)35(4,5)42)11-12-37(8)38(9)22(10-13-39(28,37)43)16-25-24-14-21-15-27-26(19-34(2,3)46-36(27,6)7)23(21)17-29(24)40-32(25)38/h14,17-19,22,27,30-31,33,40,42-43H,10-13,15-16H2,1-9H3/t22-,27-,30-,31+,33-,37+,38+,39+/m0/s1. The van der Waals surface area contributed by atoms with Gasteiger partial charge >= 0.3 is 5.97 Å². The number of ether oxygens (including phenoxy) is 3. The van der Waals surface area contributed by atoms with Gasteiger partial charge in [-0.15, -0.1) is 0 Å². The minimum absolute atomic E-state index is 0.235. The predicted molar refractivity (Wildman–Crippen MR) is 177 cm³/mol. The Morgan fingerprint density at radius 2 is 1.80 bits per heavy atom. The van der Waals surface area contributed by atoms with Crippen LogP contribution in [-0.4, -0.2) is 61.9 Å². The number of carbonyl (C=O) groups excluding carboxylic acids is 1. The first-order chi connectivity index (χ1) is 21.3. The van der Waals surface area contributed by atoms with Gasteiger partial charge in [0.1, 0.15) is 12.2 Å². The van der Waals surface area contributed by atoms with Gasteiger partial charge in [-0.3, -0.25) is 4.79 Å². The van der Waals surface area contributed by atoms with Gasteiger partial charge in [-0.2, -0.15) is 0 Å². The fourth-order valence-electron chi connectivity index (χ4n) is 11.3. The van der Waals surface area contributed by atoms with Crippen molar-refractivity contribution in [2.24, 2.45) is 17.3 Å². The smallest absolute Gasteiger partial charge is 0.303 e. The largest absolute Gasteiger partial charge is 0.455 e. The highest BCUT2D eigenvalue weighted by Crippen LogP contribution is 2.69. The zero-order chi connectivity index (χ0) is 33.0. The zero-order valence-electron chi connectivity index (χ0n) is 29.0. The molecule has 46 heavy (non-hydrogen) atoms. The van der Waals surface area contributed by atoms with Gasteiger partial charge in [0, 0.05) is 40.3 Å². The zero-order valence-corrected chi connectivity index (χ0v) is 29.0. The highest BCUT2D eigenvalue weighted by molar-refractivity contribution is 5.92. The summed E-state index contributed by atoms with van der Waals surface area (Å²) in [6, 6.07) is 4.84. The first kappa shape index (κ1) is 30.9. The van der Waals surface area contributed by atoms with Crippen molar-refractivity contribution in [1.82, 2.24) is 4.98 Å². The predicted octanol–water partition coefficient (Wildman–Crippen LogP) is 6.46. The number of carbonyl (C=O) groups is 1. The molecule has 4 aliphatic carbocycles. The Labute approximate surface area is 272 Å². The van der Waals surface area contributed by atoms with Crippen molar-refractivity contribution in [2.75, 3.05) is 0 Å². The normalized spacial score (nSPS) is 40.1. The molecule has 2 saturated carbocycles. The van der Waals surface area contributed by atoms with Crippen molar-refractivity contribution in [3.63, 3.8) is 0 Å². The number of benzene rings is 1. The molecule has 3 heterocycles. The second-order valence-electron chi connectivity index (χ2n) is 17.5. The number of aliphatic hydroxyl groups is 2. The van der Waals surface area contributed by atoms with E-state index in [0.29, 0.717) is 18.3 Å². The number of fused-ring (bicyclic) bond motifs is 12. The molecule has 2 fully saturated rings. The molecule has 0 amide bonds. The minimum atomic E-state index is -1.22. The van der Waals surface area contributed by atoms with E-state index in [1.54, 1.807) is 13.8 Å². The Morgan fingerprint density at radius 3 is 2.50 bits per heavy atom. The van der Waals surface area contributed by atoms with Crippen LogP contribution in [0.4, 0.5) is 0 Å². The summed E-state index contributed by atoms with van der Waals surface area (Å²) < 4.78 is 18.8. The van der Waals surface area contributed by atoms with Crippen molar-refractivity contribution in [2.45, 2.75) is 147 Å². The molecule has 0 spiro atoms. The highest BCUT2D eigenvalue weighted by Gasteiger charge is 2.70. The van der Waals surface area contributed by atoms with Gasteiger partial charge in [0.15, 0.2) is 0 Å². The number of hydrogen-bond acceptors (Lipinski definition) is 6. The van der Waals surface area contributed by atoms with Gasteiger partial charge in [0.2, 0.25) is 0 Å². The molecule has 2 aliphatic heterocycles. The third-order valence-electron chi connectivity index (χ3n) is 13.5. The van der Waals surface area contributed by atoms with E-state index in [9.17, 15) is 15.0 Å². The van der Waals surface area contributed by atoms with Crippen LogP contribution >= 0.6 is 0 Å². The lowest BCUT2D eigenvalue weighted by molar-refractivity contribution is -0.214. The van der Waals surface area contributed by atoms with E-state index in [-0.39, 0.29) is 22.7 Å². The maximum Gasteiger partial charge on any atom is 0.303 e. The summed E-state index contributed by atoms with van der Waals surface area (Å²) in [6.45, 7) is 18.2. The lowest BCUT2D eigenvalue weighted by Gasteiger charge is -2.65. The van der Waals surface area contributed by atoms with Crippen LogP contribution < -0.4 is 0 Å². The molecule has 0 saturated heterocycles. The summed E-state index contributed by atoms with van der Waals surface area (Å²) >= 11 is 0. The Morgan fingerprint density at radius 1 is 1.07 bits per heavy atom. The van der Waals surface area contributed by atoms with Gasteiger partial charge in [-0.25, -0.2) is 0 Å². The number of hydrogen-bond donors (Lipinski definition) is 3. The van der Waals surface area contributed by atoms with Crippen molar-refractivity contribution in [3.8, 4) is 0 Å². The maximum absolute atomic E-state index is 13.0. The second kappa shape index (κ2) is 9.16. The molecule has 7 heteroatoms. The average molecular weight is 630 g/mol. The molecule has 0 radical (unpaired) electrons. The molecule has 8 atom stereocenters. The molecule has 0 unspecified atom stereocenters. The topological polar surface area (TPSA) is 101 Å². The van der Waals surface area contributed by atoms with Crippen LogP contribution in [0.15, 0.2) is 29.9 Å². The van der Waals surface area contributed by atoms with Gasteiger partial charge in [-0.05, 0) is 138 Å². The Bertz CT molecular complexity index is 1740. The van der Waals surface area contributed by atoms with Gasteiger partial charge in [-0.1, -0.05) is 13.8 Å². The van der Waals surface area contributed by atoms with E-state index in [0.717, 1.165) is 37.7 Å². The van der Waals surface area contributed by atoms with Gasteiger partial charge < -0.3 is 29.4 Å².